The number of benzene rings is 3. The fraction of sp³-hybridized carbons (Fsp3) is 0.448. The van der Waals surface area contributed by atoms with Gasteiger partial charge in [-0.25, -0.2) is 19.0 Å². The van der Waals surface area contributed by atoms with Gasteiger partial charge in [0.05, 0.1) is 47.3 Å². The molecule has 0 radical (unpaired) electrons. The summed E-state index contributed by atoms with van der Waals surface area (Å²) in [5.41, 5.74) is 5.19. The van der Waals surface area contributed by atoms with Gasteiger partial charge < -0.3 is 39.5 Å². The van der Waals surface area contributed by atoms with Crippen LogP contribution < -0.4 is 10.6 Å². The van der Waals surface area contributed by atoms with Crippen LogP contribution in [0.1, 0.15) is 119 Å². The van der Waals surface area contributed by atoms with E-state index in [0.29, 0.717) is 28.3 Å². The zero-order valence-corrected chi connectivity index (χ0v) is 51.1. The quantitative estimate of drug-likeness (QED) is 0.0618. The largest absolute Gasteiger partial charge is 0.412 e. The normalized spacial score (nSPS) is 21.4. The zero-order chi connectivity index (χ0) is 57.8. The van der Waals surface area contributed by atoms with Crippen LogP contribution >= 0.6 is 0 Å². The average Bonchev–Trinajstić information content (AvgIpc) is 4.21. The Hall–Kier alpha value is -6.06. The van der Waals surface area contributed by atoms with Crippen LogP contribution in [0.5, 0.6) is 0 Å². The molecular weight excluding hydrogens is 1070 g/mol. The van der Waals surface area contributed by atoms with E-state index in [4.69, 9.17) is 22.9 Å². The van der Waals surface area contributed by atoms with Crippen LogP contribution in [0, 0.1) is 18.8 Å². The second kappa shape index (κ2) is 25.4. The molecule has 0 unspecified atom stereocenters. The fourth-order valence-corrected chi connectivity index (χ4v) is 12.3. The highest BCUT2D eigenvalue weighted by Gasteiger charge is 2.51. The molecule has 6 heterocycles. The molecule has 9 rings (SSSR count). The van der Waals surface area contributed by atoms with Crippen LogP contribution in [0.15, 0.2) is 127 Å². The lowest BCUT2D eigenvalue weighted by atomic mass is 9.96. The van der Waals surface area contributed by atoms with E-state index in [-0.39, 0.29) is 81.2 Å². The third kappa shape index (κ3) is 14.2. The number of ether oxygens (including phenoxy) is 2. The van der Waals surface area contributed by atoms with Crippen molar-refractivity contribution in [3.63, 3.8) is 0 Å². The van der Waals surface area contributed by atoms with Gasteiger partial charge >= 0.3 is 0 Å². The van der Waals surface area contributed by atoms with E-state index in [2.05, 4.69) is 119 Å². The summed E-state index contributed by atoms with van der Waals surface area (Å²) < 4.78 is 59.8. The highest BCUT2D eigenvalue weighted by molar-refractivity contribution is 7.85. The second-order valence-electron chi connectivity index (χ2n) is 23.4. The summed E-state index contributed by atoms with van der Waals surface area (Å²) >= 11 is 0. The van der Waals surface area contributed by atoms with Gasteiger partial charge in [0.1, 0.15) is 35.9 Å². The molecule has 0 aliphatic carbocycles. The maximum absolute atomic E-state index is 12.7. The first-order valence-corrected chi connectivity index (χ1v) is 34.0. The van der Waals surface area contributed by atoms with Gasteiger partial charge in [-0.1, -0.05) is 116 Å². The van der Waals surface area contributed by atoms with Crippen LogP contribution in [-0.2, 0) is 28.4 Å². The summed E-state index contributed by atoms with van der Waals surface area (Å²) in [6.45, 7) is 30.6. The van der Waals surface area contributed by atoms with Crippen molar-refractivity contribution in [3.05, 3.63) is 150 Å². The van der Waals surface area contributed by atoms with Gasteiger partial charge in [0.25, 0.3) is 21.9 Å². The summed E-state index contributed by atoms with van der Waals surface area (Å²) in [7, 11) is -8.15. The molecule has 2 fully saturated rings. The van der Waals surface area contributed by atoms with Gasteiger partial charge in [-0.3, -0.25) is 14.1 Å². The van der Waals surface area contributed by atoms with Crippen LogP contribution in [0.2, 0.25) is 36.3 Å². The number of nitrogens with one attached hydrogen (secondary N) is 2. The summed E-state index contributed by atoms with van der Waals surface area (Å²) in [5.74, 6) is 0.702. The number of carbonyl (C=O) groups is 2. The Morgan fingerprint density at radius 3 is 1.39 bits per heavy atom. The first-order valence-electron chi connectivity index (χ1n) is 26.8. The van der Waals surface area contributed by atoms with Crippen LogP contribution in [-0.4, -0.2) is 112 Å². The Balaban J connectivity index is 0.000000215. The average molecular weight is 1150 g/mol. The number of rotatable bonds is 13. The lowest BCUT2D eigenvalue weighted by molar-refractivity contribution is -0.0135. The Kier molecular flexibility index (Phi) is 20.0. The standard InChI is InChI=1S/C26H36N4O3Si.C25H34N4O4Si.C7H8O3S.H2O/c1-8-21-17(2)22(33-34(6,7)26(3,4)5)23(32-21)19-14-15-20-24(27-16-28-30(19)20)29-25(31)18-12-10-9-11-13-18;1-16-20(14-30)32-22(21(16)33-34(5,6)25(2,3)4)18-12-13-19-23(26-15-27-29(18)19)28-24(31)17-10-8-7-9-11-17;1-6-2-4-7(5-3-6)11(8,9)10;/h9-17,21-23H,8H2,1-7H3,(H,27,28,29,31);7-13,15-16,20-22,30H,14H2,1-6H3,(H,26,27,28,31);2-5H,1H3,(H,8,9,10);1H2/t17-,21-,22-,23+;16-,20-,21-,22+;;/m11../s1. The van der Waals surface area contributed by atoms with Gasteiger partial charge in [0, 0.05) is 23.0 Å². The Bertz CT molecular complexity index is 3130. The molecule has 432 valence electrons. The summed E-state index contributed by atoms with van der Waals surface area (Å²) in [4.78, 5) is 34.0. The third-order valence-corrected chi connectivity index (χ3v) is 25.7. The van der Waals surface area contributed by atoms with Gasteiger partial charge in [-0.2, -0.15) is 18.6 Å². The predicted octanol–water partition coefficient (Wildman–Crippen LogP) is 10.7. The highest BCUT2D eigenvalue weighted by atomic mass is 32.2. The Morgan fingerprint density at radius 2 is 1.02 bits per heavy atom. The van der Waals surface area contributed by atoms with Crippen LogP contribution in [0.4, 0.5) is 11.6 Å². The molecule has 3 aromatic carbocycles. The number of amides is 2. The smallest absolute Gasteiger partial charge is 0.294 e. The van der Waals surface area contributed by atoms with Crippen molar-refractivity contribution in [1.82, 2.24) is 29.2 Å². The van der Waals surface area contributed by atoms with Gasteiger partial charge in [-0.05, 0) is 110 Å². The second-order valence-corrected chi connectivity index (χ2v) is 34.4. The SMILES string of the molecule is CC[C@H]1O[C@@H](c2ccc3c(NC(=O)c4ccccc4)ncnn23)[C@H](O[Si](C)(C)C(C)(C)C)[C@@H]1C.C[C@H]1[C@@H](O[Si](C)(C)C(C)(C)C)[C@H](c2ccc3c(NC(=O)c4ccccc4)ncnn23)O[C@@H]1CO.Cc1ccc(S(=O)(=O)O)cc1.O. The van der Waals surface area contributed by atoms with E-state index in [1.54, 1.807) is 40.9 Å². The molecule has 7 aromatic rings. The Morgan fingerprint density at radius 1 is 0.637 bits per heavy atom. The number of aryl methyl sites for hydroxylation is 1. The minimum Gasteiger partial charge on any atom is -0.412 e. The molecule has 22 heteroatoms. The number of aromatic nitrogens is 6. The van der Waals surface area contributed by atoms with Crippen LogP contribution in [0.25, 0.3) is 11.0 Å². The number of fused-ring (bicyclic) bond motifs is 2. The van der Waals surface area contributed by atoms with Gasteiger partial charge in [-0.15, -0.1) is 0 Å². The number of aliphatic hydroxyl groups excluding tert-OH is 1. The molecule has 2 amide bonds. The molecule has 2 aliphatic rings. The molecule has 80 heavy (non-hydrogen) atoms. The summed E-state index contributed by atoms with van der Waals surface area (Å²) in [5, 5.41) is 24.9. The van der Waals surface area contributed by atoms with Crippen molar-refractivity contribution in [2.75, 3.05) is 17.2 Å². The number of hydrogen-bond acceptors (Lipinski definition) is 13. The molecule has 0 spiro atoms. The first kappa shape index (κ1) is 63.1. The van der Waals surface area contributed by atoms with Crippen LogP contribution in [0.3, 0.4) is 0 Å². The molecule has 8 atom stereocenters. The Labute approximate surface area is 472 Å². The molecule has 0 saturated carbocycles. The number of anilines is 2. The summed E-state index contributed by atoms with van der Waals surface area (Å²) in [6, 6.07) is 31.9. The van der Waals surface area contributed by atoms with E-state index in [1.807, 2.05) is 72.1 Å². The number of carbonyl (C=O) groups excluding carboxylic acids is 2. The molecular formula is C58H80N8O11SSi2. The van der Waals surface area contributed by atoms with Crippen molar-refractivity contribution < 1.29 is 51.5 Å². The molecule has 6 N–H and O–H groups in total. The topological polar surface area (TPSA) is 262 Å². The van der Waals surface area contributed by atoms with E-state index in [1.165, 1.54) is 24.8 Å². The number of hydrogen-bond donors (Lipinski definition) is 4. The zero-order valence-electron chi connectivity index (χ0n) is 48.3. The first-order chi connectivity index (χ1) is 37.1. The molecule has 4 aromatic heterocycles. The van der Waals surface area contributed by atoms with E-state index in [0.717, 1.165) is 28.9 Å². The van der Waals surface area contributed by atoms with Gasteiger partial charge in [0.15, 0.2) is 28.3 Å². The van der Waals surface area contributed by atoms with Crippen molar-refractivity contribution in [2.24, 2.45) is 11.8 Å². The minimum atomic E-state index is -4.02. The van der Waals surface area contributed by atoms with Crippen molar-refractivity contribution >= 4 is 61.2 Å². The van der Waals surface area contributed by atoms with E-state index in [9.17, 15) is 23.1 Å². The summed E-state index contributed by atoms with van der Waals surface area (Å²) in [6.07, 6.45) is 2.65. The molecule has 19 nitrogen and oxygen atoms in total. The van der Waals surface area contributed by atoms with Crippen molar-refractivity contribution in [1.29, 1.82) is 0 Å². The highest BCUT2D eigenvalue weighted by Crippen LogP contribution is 2.47. The third-order valence-electron chi connectivity index (χ3n) is 15.9. The maximum atomic E-state index is 12.7. The predicted molar refractivity (Wildman–Crippen MR) is 314 cm³/mol. The van der Waals surface area contributed by atoms with Gasteiger partial charge in [0.2, 0.25) is 0 Å². The minimum absolute atomic E-state index is 0. The van der Waals surface area contributed by atoms with E-state index < -0.39 is 32.9 Å². The number of nitrogens with zero attached hydrogens (tertiary/aromatic N) is 6. The lowest BCUT2D eigenvalue weighted by Crippen LogP contribution is -2.46. The fourth-order valence-electron chi connectivity index (χ4n) is 9.06. The maximum Gasteiger partial charge on any atom is 0.294 e. The monoisotopic (exact) mass is 1150 g/mol. The van der Waals surface area contributed by atoms with Crippen molar-refractivity contribution in [3.8, 4) is 0 Å². The molecule has 0 bridgehead atoms. The lowest BCUT2D eigenvalue weighted by Gasteiger charge is -2.40. The van der Waals surface area contributed by atoms with Crippen molar-refractivity contribution in [2.45, 2.75) is 153 Å². The number of aliphatic hydroxyl groups is 1. The molecule has 2 saturated heterocycles. The van der Waals surface area contributed by atoms with E-state index >= 15 is 0 Å². The molecule has 2 aliphatic heterocycles.